The first kappa shape index (κ1) is 38.9. The number of alkyl halides is 3. The van der Waals surface area contributed by atoms with Gasteiger partial charge in [0.2, 0.25) is 0 Å². The van der Waals surface area contributed by atoms with Gasteiger partial charge < -0.3 is 4.74 Å². The van der Waals surface area contributed by atoms with Crippen LogP contribution in [-0.2, 0) is 24.7 Å². The molecule has 5 aromatic rings. The smallest absolute Gasteiger partial charge is 0.416 e. The van der Waals surface area contributed by atoms with E-state index in [4.69, 9.17) is 8.37 Å². The van der Waals surface area contributed by atoms with E-state index in [1.807, 2.05) is 32.0 Å². The highest BCUT2D eigenvalue weighted by molar-refractivity contribution is 8.33. The molecule has 3 atom stereocenters. The van der Waals surface area contributed by atoms with Gasteiger partial charge in [0.25, 0.3) is 10.1 Å². The minimum atomic E-state index is -4.63. The van der Waals surface area contributed by atoms with Crippen LogP contribution in [0.2, 0.25) is 0 Å². The Hall–Kier alpha value is -4.36. The second-order valence-electron chi connectivity index (χ2n) is 14.5. The Bertz CT molecular complexity index is 2330. The van der Waals surface area contributed by atoms with Crippen LogP contribution in [0.5, 0.6) is 5.75 Å². The molecule has 5 aromatic carbocycles. The Labute approximate surface area is 325 Å². The van der Waals surface area contributed by atoms with Crippen molar-refractivity contribution in [1.82, 2.24) is 0 Å². The largest absolute Gasteiger partial charge is 0.497 e. The number of halogens is 3. The van der Waals surface area contributed by atoms with Crippen molar-refractivity contribution in [1.29, 1.82) is 0 Å². The van der Waals surface area contributed by atoms with Crippen LogP contribution in [-0.4, -0.2) is 32.8 Å². The predicted octanol–water partition coefficient (Wildman–Crippen LogP) is 11.0. The number of methoxy groups -OCH3 is 1. The molecule has 7 rings (SSSR count). The van der Waals surface area contributed by atoms with Crippen LogP contribution >= 0.6 is 22.1 Å². The lowest BCUT2D eigenvalue weighted by atomic mass is 9.70. The van der Waals surface area contributed by atoms with Crippen LogP contribution in [0.1, 0.15) is 54.6 Å². The molecule has 3 unspecified atom stereocenters. The van der Waals surface area contributed by atoms with Crippen LogP contribution < -0.4 is 4.74 Å². The topological polar surface area (TPSA) is 86.7 Å². The number of carbonyl (C=O) groups is 2. The van der Waals surface area contributed by atoms with Gasteiger partial charge in [-0.2, -0.15) is 21.6 Å². The first-order valence-electron chi connectivity index (χ1n) is 17.7. The lowest BCUT2D eigenvalue weighted by molar-refractivity contribution is -0.137. The van der Waals surface area contributed by atoms with E-state index < -0.39 is 48.7 Å². The second-order valence-corrected chi connectivity index (χ2v) is 20.0. The Morgan fingerprint density at radius 2 is 1.36 bits per heavy atom. The molecule has 0 heterocycles. The third-order valence-corrected chi connectivity index (χ3v) is 17.6. The van der Waals surface area contributed by atoms with E-state index in [9.17, 15) is 31.2 Å². The summed E-state index contributed by atoms with van der Waals surface area (Å²) in [7, 11) is -6.39. The number of benzene rings is 5. The van der Waals surface area contributed by atoms with E-state index in [1.54, 1.807) is 84.9 Å². The fraction of sp³-hybridized carbons (Fsp3) is 0.256. The first-order valence-corrected chi connectivity index (χ1v) is 21.6. The molecular weight excluding hydrogens is 766 g/mol. The number of carbonyl (C=O) groups excluding carboxylic acids is 2. The predicted molar refractivity (Wildman–Crippen MR) is 207 cm³/mol. The van der Waals surface area contributed by atoms with Crippen molar-refractivity contribution in [2.45, 2.75) is 63.8 Å². The standard InChI is InChI=1S/C43H39F3O6S3/c1-41(2)31-25-26-42(41,39(47)27-31)28-54(49,50)52-55(35-21-15-32(51-3)16-22-35,34-19-13-30(14-20-34)43(44,45)46)36-23-17-33(18-24-36)53-38-12-8-7-11-37(38)40(48)29-9-5-4-6-10-29/h4-24,31H,25-28H2,1-3H3. The third kappa shape index (κ3) is 7.14. The highest BCUT2D eigenvalue weighted by Gasteiger charge is 2.66. The lowest BCUT2D eigenvalue weighted by Gasteiger charge is -2.41. The number of fused-ring (bicyclic) bond motifs is 2. The van der Waals surface area contributed by atoms with Gasteiger partial charge in [0, 0.05) is 42.0 Å². The zero-order valence-electron chi connectivity index (χ0n) is 30.3. The highest BCUT2D eigenvalue weighted by atomic mass is 32.3. The molecule has 0 aromatic heterocycles. The molecular formula is C43H39F3O6S3. The van der Waals surface area contributed by atoms with E-state index in [0.717, 1.165) is 23.4 Å². The van der Waals surface area contributed by atoms with Crippen LogP contribution in [0.25, 0.3) is 0 Å². The van der Waals surface area contributed by atoms with Gasteiger partial charge in [-0.25, -0.2) is 3.63 Å². The maximum Gasteiger partial charge on any atom is 0.416 e. The van der Waals surface area contributed by atoms with Crippen LogP contribution in [0.3, 0.4) is 0 Å². The number of ether oxygens (including phenoxy) is 1. The quantitative estimate of drug-likeness (QED) is 0.116. The lowest BCUT2D eigenvalue weighted by Crippen LogP contribution is -2.42. The van der Waals surface area contributed by atoms with Gasteiger partial charge in [-0.15, -0.1) is 0 Å². The normalized spacial score (nSPS) is 20.8. The fourth-order valence-corrected chi connectivity index (χ4v) is 15.0. The van der Waals surface area contributed by atoms with Gasteiger partial charge in [-0.3, -0.25) is 9.59 Å². The van der Waals surface area contributed by atoms with Crippen molar-refractivity contribution >= 4 is 43.8 Å². The van der Waals surface area contributed by atoms with E-state index in [0.29, 0.717) is 44.4 Å². The van der Waals surface area contributed by atoms with Crippen molar-refractivity contribution in [2.24, 2.45) is 16.7 Å². The number of hydrogen-bond acceptors (Lipinski definition) is 7. The van der Waals surface area contributed by atoms with Crippen molar-refractivity contribution in [3.8, 4) is 5.75 Å². The molecule has 0 aliphatic heterocycles. The maximum atomic E-state index is 14.6. The number of hydrogen-bond donors (Lipinski definition) is 0. The van der Waals surface area contributed by atoms with Crippen molar-refractivity contribution in [3.63, 3.8) is 0 Å². The maximum absolute atomic E-state index is 14.6. The summed E-state index contributed by atoms with van der Waals surface area (Å²) in [5.74, 6) is -0.248. The molecule has 0 spiro atoms. The zero-order valence-corrected chi connectivity index (χ0v) is 32.8. The summed E-state index contributed by atoms with van der Waals surface area (Å²) < 4.78 is 82.7. The van der Waals surface area contributed by atoms with Gasteiger partial charge in [0.1, 0.15) is 11.5 Å². The van der Waals surface area contributed by atoms with Gasteiger partial charge >= 0.3 is 6.18 Å². The van der Waals surface area contributed by atoms with Gasteiger partial charge in [-0.05, 0) is 119 Å². The van der Waals surface area contributed by atoms with Gasteiger partial charge in [-0.1, -0.05) is 68.1 Å². The number of ketones is 2. The van der Waals surface area contributed by atoms with Crippen LogP contribution in [0.15, 0.2) is 152 Å². The van der Waals surface area contributed by atoms with E-state index in [-0.39, 0.29) is 22.4 Å². The van der Waals surface area contributed by atoms with Crippen molar-refractivity contribution < 1.29 is 39.5 Å². The fourth-order valence-electron chi connectivity index (χ4n) is 8.03. The third-order valence-electron chi connectivity index (χ3n) is 11.2. The van der Waals surface area contributed by atoms with Gasteiger partial charge in [0.15, 0.2) is 5.78 Å². The molecule has 0 radical (unpaired) electrons. The molecule has 55 heavy (non-hydrogen) atoms. The SMILES string of the molecule is COc1ccc(S(OS(=O)(=O)CC23CCC(CC2=O)C3(C)C)(c2ccc(Sc3ccccc3C(=O)c3ccccc3)cc2)c2ccc(C(F)(F)F)cc2)cc1. The summed E-state index contributed by atoms with van der Waals surface area (Å²) in [6.07, 6.45) is -3.19. The minimum absolute atomic E-state index is 0.0574. The number of rotatable bonds is 12. The molecule has 2 bridgehead atoms. The molecule has 286 valence electrons. The molecule has 0 amide bonds. The first-order chi connectivity index (χ1) is 26.1. The average molecular weight is 805 g/mol. The van der Waals surface area contributed by atoms with E-state index in [2.05, 4.69) is 0 Å². The molecule has 12 heteroatoms. The second kappa shape index (κ2) is 14.6. The van der Waals surface area contributed by atoms with Crippen molar-refractivity contribution in [2.75, 3.05) is 12.9 Å². The highest BCUT2D eigenvalue weighted by Crippen LogP contribution is 2.71. The minimum Gasteiger partial charge on any atom is -0.497 e. The summed E-state index contributed by atoms with van der Waals surface area (Å²) in [5.41, 5.74) is -1.56. The van der Waals surface area contributed by atoms with E-state index in [1.165, 1.54) is 31.0 Å². The van der Waals surface area contributed by atoms with Gasteiger partial charge in [0.05, 0.1) is 23.8 Å². The molecule has 2 fully saturated rings. The monoisotopic (exact) mass is 804 g/mol. The van der Waals surface area contributed by atoms with E-state index >= 15 is 0 Å². The Balaban J connectivity index is 1.35. The zero-order chi connectivity index (χ0) is 39.2. The Kier molecular flexibility index (Phi) is 10.3. The summed E-state index contributed by atoms with van der Waals surface area (Å²) in [5, 5.41) is 0. The summed E-state index contributed by atoms with van der Waals surface area (Å²) in [6, 6.07) is 34.1. The Morgan fingerprint density at radius 3 is 1.91 bits per heavy atom. The average Bonchev–Trinajstić information content (AvgIpc) is 3.52. The summed E-state index contributed by atoms with van der Waals surface area (Å²) in [4.78, 5) is 29.4. The summed E-state index contributed by atoms with van der Waals surface area (Å²) in [6.45, 7) is 3.87. The molecule has 0 saturated heterocycles. The molecule has 2 aliphatic rings. The Morgan fingerprint density at radius 1 is 0.800 bits per heavy atom. The molecule has 6 nitrogen and oxygen atoms in total. The molecule has 0 N–H and O–H groups in total. The van der Waals surface area contributed by atoms with Crippen molar-refractivity contribution in [3.05, 3.63) is 144 Å². The molecule has 2 saturated carbocycles. The summed E-state index contributed by atoms with van der Waals surface area (Å²) >= 11 is 1.35. The van der Waals surface area contributed by atoms with Crippen LogP contribution in [0.4, 0.5) is 13.2 Å². The molecule has 2 aliphatic carbocycles. The number of Topliss-reactive ketones (excluding diaryl/α,β-unsaturated/α-hetero) is 1. The van der Waals surface area contributed by atoms with Crippen LogP contribution in [0, 0.1) is 16.7 Å².